The first kappa shape index (κ1) is 17.6. The monoisotopic (exact) mass is 397 g/mol. The minimum absolute atomic E-state index is 0.112. The van der Waals surface area contributed by atoms with E-state index in [9.17, 15) is 14.0 Å². The largest absolute Gasteiger partial charge is 0.278 e. The van der Waals surface area contributed by atoms with Gasteiger partial charge in [-0.05, 0) is 39.9 Å². The second-order valence-corrected chi connectivity index (χ2v) is 8.75. The third-order valence-electron chi connectivity index (χ3n) is 7.39. The van der Waals surface area contributed by atoms with Crippen LogP contribution < -0.4 is 0 Å². The summed E-state index contributed by atoms with van der Waals surface area (Å²) in [5.41, 5.74) is 4.83. The van der Waals surface area contributed by atoms with Crippen molar-refractivity contribution < 1.29 is 14.0 Å². The van der Waals surface area contributed by atoms with E-state index < -0.39 is 17.3 Å². The first-order valence-corrected chi connectivity index (χ1v) is 10.3. The molecule has 4 aliphatic rings. The Morgan fingerprint density at radius 3 is 2.00 bits per heavy atom. The van der Waals surface area contributed by atoms with Gasteiger partial charge in [0.15, 0.2) is 0 Å². The summed E-state index contributed by atoms with van der Waals surface area (Å²) in [6, 6.07) is 22.5. The molecule has 4 heteroatoms. The highest BCUT2D eigenvalue weighted by molar-refractivity contribution is 6.08. The lowest BCUT2D eigenvalue weighted by molar-refractivity contribution is -0.140. The van der Waals surface area contributed by atoms with Crippen LogP contribution in [0.3, 0.4) is 0 Å². The molecule has 0 unspecified atom stereocenters. The maximum Gasteiger partial charge on any atom is 0.234 e. The fourth-order valence-corrected chi connectivity index (χ4v) is 6.14. The van der Waals surface area contributed by atoms with Crippen LogP contribution in [0.2, 0.25) is 0 Å². The van der Waals surface area contributed by atoms with Crippen molar-refractivity contribution in [2.75, 3.05) is 0 Å². The maximum absolute atomic E-state index is 13.7. The van der Waals surface area contributed by atoms with Crippen molar-refractivity contribution in [1.82, 2.24) is 4.90 Å². The summed E-state index contributed by atoms with van der Waals surface area (Å²) < 4.78 is 13.3. The van der Waals surface area contributed by atoms with Gasteiger partial charge in [0.25, 0.3) is 0 Å². The number of hydrogen-bond acceptors (Lipinski definition) is 2. The summed E-state index contributed by atoms with van der Waals surface area (Å²) in [6.45, 7) is 2.30. The number of carbonyl (C=O) groups is 2. The van der Waals surface area contributed by atoms with Crippen LogP contribution in [-0.4, -0.2) is 16.7 Å². The van der Waals surface area contributed by atoms with Gasteiger partial charge in [0.2, 0.25) is 11.8 Å². The van der Waals surface area contributed by atoms with Crippen molar-refractivity contribution in [2.24, 2.45) is 11.8 Å². The predicted octanol–water partition coefficient (Wildman–Crippen LogP) is 4.39. The Kier molecular flexibility index (Phi) is 3.45. The first-order valence-electron chi connectivity index (χ1n) is 10.3. The molecule has 1 saturated heterocycles. The molecule has 1 fully saturated rings. The number of nitrogens with zero attached hydrogens (tertiary/aromatic N) is 1. The van der Waals surface area contributed by atoms with Crippen LogP contribution in [-0.2, 0) is 21.5 Å². The quantitative estimate of drug-likeness (QED) is 0.602. The summed E-state index contributed by atoms with van der Waals surface area (Å²) in [4.78, 5) is 28.7. The molecule has 0 spiro atoms. The lowest BCUT2D eigenvalue weighted by atomic mass is 9.48. The summed E-state index contributed by atoms with van der Waals surface area (Å²) in [7, 11) is 0. The normalized spacial score (nSPS) is 28.3. The smallest absolute Gasteiger partial charge is 0.234 e. The molecule has 30 heavy (non-hydrogen) atoms. The van der Waals surface area contributed by atoms with Crippen molar-refractivity contribution in [2.45, 2.75) is 24.8 Å². The Morgan fingerprint density at radius 2 is 1.40 bits per heavy atom. The van der Waals surface area contributed by atoms with Crippen LogP contribution in [0.5, 0.6) is 0 Å². The third-order valence-corrected chi connectivity index (χ3v) is 7.39. The number of likely N-dealkylation sites (tertiary alicyclic amines) is 1. The van der Waals surface area contributed by atoms with Gasteiger partial charge in [0, 0.05) is 11.3 Å². The molecule has 0 N–H and O–H groups in total. The molecule has 0 aromatic heterocycles. The zero-order valence-corrected chi connectivity index (χ0v) is 16.5. The van der Waals surface area contributed by atoms with Crippen molar-refractivity contribution in [3.63, 3.8) is 0 Å². The molecular formula is C26H20FNO2. The number of halogens is 1. The lowest BCUT2D eigenvalue weighted by Gasteiger charge is -2.52. The van der Waals surface area contributed by atoms with Crippen LogP contribution in [0.15, 0.2) is 72.8 Å². The number of carbonyl (C=O) groups excluding carboxylic acids is 2. The number of amides is 2. The second-order valence-electron chi connectivity index (χ2n) is 8.75. The molecule has 2 amide bonds. The van der Waals surface area contributed by atoms with E-state index in [1.165, 1.54) is 17.0 Å². The highest BCUT2D eigenvalue weighted by Crippen LogP contribution is 2.63. The fraction of sp³-hybridized carbons (Fsp3) is 0.231. The number of hydrogen-bond donors (Lipinski definition) is 0. The highest BCUT2D eigenvalue weighted by Gasteiger charge is 2.66. The van der Waals surface area contributed by atoms with Gasteiger partial charge in [0.1, 0.15) is 5.82 Å². The predicted molar refractivity (Wildman–Crippen MR) is 110 cm³/mol. The molecule has 0 radical (unpaired) electrons. The average Bonchev–Trinajstić information content (AvgIpc) is 3.02. The van der Waals surface area contributed by atoms with Crippen molar-refractivity contribution in [3.8, 4) is 0 Å². The molecular weight excluding hydrogens is 377 g/mol. The standard InChI is InChI=1S/C26H20FNO2/c1-26-19-8-4-2-6-17(19)21(18-7-3-5-9-20(18)26)22-23(26)25(30)28(24(22)29)14-15-10-12-16(27)13-11-15/h2-13,21-23H,14H2,1H3/t21?,22-,23+,26?/m1/s1. The van der Waals surface area contributed by atoms with E-state index in [2.05, 4.69) is 31.2 Å². The Labute approximate surface area is 174 Å². The van der Waals surface area contributed by atoms with Gasteiger partial charge >= 0.3 is 0 Å². The van der Waals surface area contributed by atoms with Gasteiger partial charge in [-0.25, -0.2) is 4.39 Å². The van der Waals surface area contributed by atoms with Crippen molar-refractivity contribution >= 4 is 11.8 Å². The second kappa shape index (κ2) is 5.88. The highest BCUT2D eigenvalue weighted by atomic mass is 19.1. The van der Waals surface area contributed by atoms with E-state index in [0.29, 0.717) is 0 Å². The Morgan fingerprint density at radius 1 is 0.833 bits per heavy atom. The van der Waals surface area contributed by atoms with E-state index in [0.717, 1.165) is 27.8 Å². The minimum Gasteiger partial charge on any atom is -0.278 e. The topological polar surface area (TPSA) is 37.4 Å². The Hall–Kier alpha value is -3.27. The zero-order chi connectivity index (χ0) is 20.6. The molecule has 0 saturated carbocycles. The van der Waals surface area contributed by atoms with Gasteiger partial charge in [-0.2, -0.15) is 0 Å². The maximum atomic E-state index is 13.7. The van der Waals surface area contributed by atoms with Gasteiger partial charge in [-0.1, -0.05) is 67.6 Å². The molecule has 1 aliphatic heterocycles. The van der Waals surface area contributed by atoms with Crippen molar-refractivity contribution in [1.29, 1.82) is 0 Å². The molecule has 3 nitrogen and oxygen atoms in total. The summed E-state index contributed by atoms with van der Waals surface area (Å²) in [6.07, 6.45) is 0. The summed E-state index contributed by atoms with van der Waals surface area (Å²) in [5.74, 6) is -1.49. The van der Waals surface area contributed by atoms with Crippen LogP contribution in [0.4, 0.5) is 4.39 Å². The fourth-order valence-electron chi connectivity index (χ4n) is 6.14. The first-order chi connectivity index (χ1) is 14.5. The molecule has 2 atom stereocenters. The molecule has 2 bridgehead atoms. The Balaban J connectivity index is 1.52. The summed E-state index contributed by atoms with van der Waals surface area (Å²) in [5, 5.41) is 0. The number of rotatable bonds is 2. The third kappa shape index (κ3) is 2.03. The lowest BCUT2D eigenvalue weighted by Crippen LogP contribution is -2.51. The van der Waals surface area contributed by atoms with Gasteiger partial charge in [0.05, 0.1) is 18.4 Å². The molecule has 7 rings (SSSR count). The van der Waals surface area contributed by atoms with Crippen molar-refractivity contribution in [3.05, 3.63) is 106 Å². The van der Waals surface area contributed by atoms with E-state index in [4.69, 9.17) is 0 Å². The minimum atomic E-state index is -0.545. The molecule has 3 aromatic rings. The molecule has 1 heterocycles. The van der Waals surface area contributed by atoms with Gasteiger partial charge < -0.3 is 0 Å². The SMILES string of the molecule is CC12c3ccccc3C(c3ccccc31)[C@H]1C(=O)N(Cc3ccc(F)cc3)C(=O)[C@H]12. The molecule has 148 valence electrons. The Bertz CT molecular complexity index is 1170. The van der Waals surface area contributed by atoms with Gasteiger partial charge in [-0.3, -0.25) is 14.5 Å². The van der Waals surface area contributed by atoms with E-state index >= 15 is 0 Å². The van der Waals surface area contributed by atoms with Crippen LogP contribution in [0.1, 0.15) is 40.7 Å². The average molecular weight is 397 g/mol. The van der Waals surface area contributed by atoms with Gasteiger partial charge in [-0.15, -0.1) is 0 Å². The van der Waals surface area contributed by atoms with E-state index in [-0.39, 0.29) is 30.1 Å². The van der Waals surface area contributed by atoms with Crippen LogP contribution >= 0.6 is 0 Å². The number of imide groups is 1. The van der Waals surface area contributed by atoms with Crippen LogP contribution in [0, 0.1) is 17.7 Å². The van der Waals surface area contributed by atoms with E-state index in [1.807, 2.05) is 24.3 Å². The number of benzene rings is 3. The van der Waals surface area contributed by atoms with E-state index in [1.54, 1.807) is 12.1 Å². The zero-order valence-electron chi connectivity index (χ0n) is 16.5. The molecule has 3 aliphatic carbocycles. The summed E-state index contributed by atoms with van der Waals surface area (Å²) >= 11 is 0. The molecule has 3 aromatic carbocycles. The van der Waals surface area contributed by atoms with Crippen LogP contribution in [0.25, 0.3) is 0 Å².